The summed E-state index contributed by atoms with van der Waals surface area (Å²) in [6, 6.07) is 22.2. The van der Waals surface area contributed by atoms with Crippen LogP contribution in [0.1, 0.15) is 36.0 Å². The van der Waals surface area contributed by atoms with Gasteiger partial charge in [0.25, 0.3) is 5.91 Å². The van der Waals surface area contributed by atoms with E-state index in [-0.39, 0.29) is 17.4 Å². The van der Waals surface area contributed by atoms with Crippen LogP contribution in [0.2, 0.25) is 0 Å². The molecule has 3 aromatic carbocycles. The number of ether oxygens (including phenoxy) is 2. The van der Waals surface area contributed by atoms with Gasteiger partial charge in [0.05, 0.1) is 24.8 Å². The fourth-order valence-corrected chi connectivity index (χ4v) is 4.45. The monoisotopic (exact) mass is 483 g/mol. The van der Waals surface area contributed by atoms with Gasteiger partial charge in [-0.15, -0.1) is 0 Å². The molecule has 1 aliphatic heterocycles. The Balaban J connectivity index is 1.59. The number of furan rings is 1. The summed E-state index contributed by atoms with van der Waals surface area (Å²) in [6.07, 6.45) is -0.00120. The van der Waals surface area contributed by atoms with E-state index in [2.05, 4.69) is 0 Å². The molecule has 0 fully saturated rings. The van der Waals surface area contributed by atoms with Crippen LogP contribution in [-0.4, -0.2) is 30.0 Å². The molecule has 0 bridgehead atoms. The maximum absolute atomic E-state index is 13.8. The zero-order valence-corrected chi connectivity index (χ0v) is 20.1. The van der Waals surface area contributed by atoms with Gasteiger partial charge >= 0.3 is 0 Å². The third-order valence-electron chi connectivity index (χ3n) is 6.01. The molecule has 5 rings (SSSR count). The second-order valence-corrected chi connectivity index (χ2v) is 8.73. The third kappa shape index (κ3) is 3.98. The summed E-state index contributed by atoms with van der Waals surface area (Å²) in [4.78, 5) is 28.5. The minimum absolute atomic E-state index is 0.00120. The molecule has 4 aromatic rings. The quantitative estimate of drug-likeness (QED) is 0.324. The van der Waals surface area contributed by atoms with Crippen LogP contribution in [0.25, 0.3) is 11.0 Å². The summed E-state index contributed by atoms with van der Waals surface area (Å²) in [7, 11) is 1.52. The zero-order chi connectivity index (χ0) is 25.4. The molecule has 0 radical (unpaired) electrons. The number of carbonyl (C=O) groups excluding carboxylic acids is 2. The molecule has 2 heterocycles. The number of hydrogen-bond donors (Lipinski definition) is 1. The maximum atomic E-state index is 13.8. The molecule has 7 heteroatoms. The largest absolute Gasteiger partial charge is 0.503 e. The number of rotatable bonds is 7. The van der Waals surface area contributed by atoms with Crippen LogP contribution in [0.5, 0.6) is 11.5 Å². The van der Waals surface area contributed by atoms with Crippen molar-refractivity contribution in [2.75, 3.05) is 12.0 Å². The van der Waals surface area contributed by atoms with E-state index in [1.165, 1.54) is 12.0 Å². The highest BCUT2D eigenvalue weighted by Crippen LogP contribution is 2.43. The summed E-state index contributed by atoms with van der Waals surface area (Å²) < 4.78 is 16.9. The fraction of sp³-hybridized carbons (Fsp3) is 0.172. The number of hydrogen-bond acceptors (Lipinski definition) is 6. The first kappa shape index (κ1) is 23.2. The van der Waals surface area contributed by atoms with Gasteiger partial charge in [-0.25, -0.2) is 0 Å². The van der Waals surface area contributed by atoms with Crippen LogP contribution in [-0.2, 0) is 4.79 Å². The number of methoxy groups -OCH3 is 1. The van der Waals surface area contributed by atoms with Crippen LogP contribution in [0.15, 0.2) is 94.6 Å². The molecule has 1 aliphatic rings. The Hall–Kier alpha value is -4.52. The molecule has 1 amide bonds. The van der Waals surface area contributed by atoms with E-state index in [0.29, 0.717) is 33.7 Å². The van der Waals surface area contributed by atoms with E-state index in [9.17, 15) is 14.7 Å². The molecule has 36 heavy (non-hydrogen) atoms. The zero-order valence-electron chi connectivity index (χ0n) is 20.1. The lowest BCUT2D eigenvalue weighted by Gasteiger charge is -2.27. The first-order valence-electron chi connectivity index (χ1n) is 11.6. The standard InChI is InChI=1S/C29H25NO6/c1-17(2)35-21-14-12-20(13-15-21)30-25(18-8-5-4-6-9-18)24(27(32)29(30)33)26(31)23-16-19-10-7-11-22(34-3)28(19)36-23/h4-17,25,32H,1-3H3. The number of benzene rings is 3. The Bertz CT molecular complexity index is 1470. The number of amides is 1. The molecule has 1 atom stereocenters. The van der Waals surface area contributed by atoms with Crippen molar-refractivity contribution in [2.45, 2.75) is 26.0 Å². The third-order valence-corrected chi connectivity index (χ3v) is 6.01. The second-order valence-electron chi connectivity index (χ2n) is 8.73. The number of fused-ring (bicyclic) bond motifs is 1. The van der Waals surface area contributed by atoms with Crippen LogP contribution >= 0.6 is 0 Å². The van der Waals surface area contributed by atoms with E-state index >= 15 is 0 Å². The fourth-order valence-electron chi connectivity index (χ4n) is 4.45. The van der Waals surface area contributed by atoms with Gasteiger partial charge in [-0.2, -0.15) is 0 Å². The number of carbonyl (C=O) groups is 2. The summed E-state index contributed by atoms with van der Waals surface area (Å²) in [5.41, 5.74) is 1.56. The van der Waals surface area contributed by atoms with E-state index in [0.717, 1.165) is 0 Å². The van der Waals surface area contributed by atoms with Gasteiger partial charge in [-0.3, -0.25) is 14.5 Å². The van der Waals surface area contributed by atoms with Gasteiger partial charge < -0.3 is 19.0 Å². The average Bonchev–Trinajstić information content (AvgIpc) is 3.43. The summed E-state index contributed by atoms with van der Waals surface area (Å²) in [6.45, 7) is 3.85. The number of nitrogens with zero attached hydrogens (tertiary/aromatic N) is 1. The van der Waals surface area contributed by atoms with E-state index in [1.54, 1.807) is 48.5 Å². The lowest BCUT2D eigenvalue weighted by molar-refractivity contribution is -0.117. The molecule has 0 spiro atoms. The Kier molecular flexibility index (Phi) is 5.98. The smallest absolute Gasteiger partial charge is 0.294 e. The number of Topliss-reactive ketones (excluding diaryl/α,β-unsaturated/α-hetero) is 1. The Morgan fingerprint density at radius 2 is 1.72 bits per heavy atom. The topological polar surface area (TPSA) is 89.2 Å². The SMILES string of the molecule is COc1cccc2cc(C(=O)C3=C(O)C(=O)N(c4ccc(OC(C)C)cc4)C3c3ccccc3)oc12. The summed E-state index contributed by atoms with van der Waals surface area (Å²) in [5, 5.41) is 11.7. The van der Waals surface area contributed by atoms with Gasteiger partial charge in [0, 0.05) is 11.1 Å². The number of para-hydroxylation sites is 1. The highest BCUT2D eigenvalue weighted by Gasteiger charge is 2.45. The first-order valence-corrected chi connectivity index (χ1v) is 11.6. The van der Waals surface area contributed by atoms with Crippen molar-refractivity contribution in [2.24, 2.45) is 0 Å². The predicted molar refractivity (Wildman–Crippen MR) is 136 cm³/mol. The molecule has 1 aromatic heterocycles. The second kappa shape index (κ2) is 9.26. The van der Waals surface area contributed by atoms with Crippen molar-refractivity contribution < 1.29 is 28.6 Å². The molecule has 1 N–H and O–H groups in total. The molecule has 182 valence electrons. The van der Waals surface area contributed by atoms with Crippen molar-refractivity contribution in [1.82, 2.24) is 0 Å². The molecular weight excluding hydrogens is 458 g/mol. The number of ketones is 1. The molecule has 1 unspecified atom stereocenters. The van der Waals surface area contributed by atoms with E-state index in [4.69, 9.17) is 13.9 Å². The molecular formula is C29H25NO6. The van der Waals surface area contributed by atoms with Crippen LogP contribution in [0.3, 0.4) is 0 Å². The lowest BCUT2D eigenvalue weighted by atomic mass is 9.95. The van der Waals surface area contributed by atoms with Crippen LogP contribution < -0.4 is 14.4 Å². The highest BCUT2D eigenvalue weighted by molar-refractivity contribution is 6.20. The van der Waals surface area contributed by atoms with Crippen LogP contribution in [0, 0.1) is 0 Å². The number of aliphatic hydroxyl groups excluding tert-OH is 1. The molecule has 7 nitrogen and oxygen atoms in total. The Labute approximate surface area is 208 Å². The minimum atomic E-state index is -0.849. The number of anilines is 1. The van der Waals surface area contributed by atoms with Crippen molar-refractivity contribution in [3.63, 3.8) is 0 Å². The highest BCUT2D eigenvalue weighted by atomic mass is 16.5. The first-order chi connectivity index (χ1) is 17.4. The van der Waals surface area contributed by atoms with Crippen molar-refractivity contribution in [1.29, 1.82) is 0 Å². The molecule has 0 aliphatic carbocycles. The number of aliphatic hydroxyl groups is 1. The minimum Gasteiger partial charge on any atom is -0.503 e. The summed E-state index contributed by atoms with van der Waals surface area (Å²) in [5.74, 6) is -0.705. The van der Waals surface area contributed by atoms with Gasteiger partial charge in [-0.05, 0) is 55.8 Å². The normalized spacial score (nSPS) is 15.7. The Morgan fingerprint density at radius 1 is 1.00 bits per heavy atom. The molecule has 0 saturated carbocycles. The van der Waals surface area contributed by atoms with Gasteiger partial charge in [0.1, 0.15) is 5.75 Å². The predicted octanol–water partition coefficient (Wildman–Crippen LogP) is 6.01. The van der Waals surface area contributed by atoms with Crippen LogP contribution in [0.4, 0.5) is 5.69 Å². The van der Waals surface area contributed by atoms with Crippen molar-refractivity contribution in [3.05, 3.63) is 102 Å². The van der Waals surface area contributed by atoms with Gasteiger partial charge in [0.2, 0.25) is 5.78 Å². The Morgan fingerprint density at radius 3 is 2.39 bits per heavy atom. The van der Waals surface area contributed by atoms with Gasteiger partial charge in [-0.1, -0.05) is 42.5 Å². The molecule has 0 saturated heterocycles. The van der Waals surface area contributed by atoms with Crippen molar-refractivity contribution >= 4 is 28.3 Å². The summed E-state index contributed by atoms with van der Waals surface area (Å²) >= 11 is 0. The van der Waals surface area contributed by atoms with Crippen molar-refractivity contribution in [3.8, 4) is 11.5 Å². The van der Waals surface area contributed by atoms with E-state index in [1.807, 2.05) is 44.2 Å². The maximum Gasteiger partial charge on any atom is 0.294 e. The van der Waals surface area contributed by atoms with Gasteiger partial charge in [0.15, 0.2) is 22.9 Å². The lowest BCUT2D eigenvalue weighted by Crippen LogP contribution is -2.31. The average molecular weight is 484 g/mol. The van der Waals surface area contributed by atoms with E-state index < -0.39 is 23.5 Å².